The average Bonchev–Trinajstić information content (AvgIpc) is 3.03. The molecule has 0 saturated carbocycles. The van der Waals surface area contributed by atoms with Gasteiger partial charge in [-0.3, -0.25) is 4.79 Å². The summed E-state index contributed by atoms with van der Waals surface area (Å²) in [5, 5.41) is 15.0. The number of nitrogens with one attached hydrogen (secondary N) is 1. The summed E-state index contributed by atoms with van der Waals surface area (Å²) in [5.41, 5.74) is 0.782. The molecule has 140 valence electrons. The second-order valence-electron chi connectivity index (χ2n) is 6.92. The summed E-state index contributed by atoms with van der Waals surface area (Å²) >= 11 is 6.08. The number of pyridine rings is 1. The number of tetrazole rings is 1. The molecule has 1 N–H and O–H groups in total. The molecule has 0 spiro atoms. The highest BCUT2D eigenvalue weighted by molar-refractivity contribution is 6.33. The van der Waals surface area contributed by atoms with E-state index < -0.39 is 5.82 Å². The molecule has 7 nitrogen and oxygen atoms in total. The number of nitrogens with zero attached hydrogens (tertiary/aromatic N) is 5. The van der Waals surface area contributed by atoms with Crippen LogP contribution < -0.4 is 5.32 Å². The van der Waals surface area contributed by atoms with E-state index in [0.29, 0.717) is 22.9 Å². The third-order valence-corrected chi connectivity index (χ3v) is 3.91. The SMILES string of the molecule is CC(C)(C)n1nnc(CC(=O)Nc2cccc(-c3ccc(F)cc3Cl)n2)n1. The van der Waals surface area contributed by atoms with Crippen LogP contribution in [0.4, 0.5) is 10.2 Å². The van der Waals surface area contributed by atoms with Crippen molar-refractivity contribution in [3.8, 4) is 11.3 Å². The summed E-state index contributed by atoms with van der Waals surface area (Å²) in [6, 6.07) is 9.17. The lowest BCUT2D eigenvalue weighted by atomic mass is 10.1. The van der Waals surface area contributed by atoms with Crippen molar-refractivity contribution in [2.45, 2.75) is 32.7 Å². The van der Waals surface area contributed by atoms with Gasteiger partial charge in [-0.25, -0.2) is 9.37 Å². The summed E-state index contributed by atoms with van der Waals surface area (Å²) < 4.78 is 13.2. The Labute approximate surface area is 160 Å². The Morgan fingerprint density at radius 2 is 2.04 bits per heavy atom. The molecule has 9 heteroatoms. The monoisotopic (exact) mass is 388 g/mol. The first-order valence-corrected chi connectivity index (χ1v) is 8.62. The van der Waals surface area contributed by atoms with Crippen LogP contribution in [0.15, 0.2) is 36.4 Å². The van der Waals surface area contributed by atoms with E-state index in [2.05, 4.69) is 25.7 Å². The van der Waals surface area contributed by atoms with Crippen molar-refractivity contribution in [3.63, 3.8) is 0 Å². The summed E-state index contributed by atoms with van der Waals surface area (Å²) in [7, 11) is 0. The van der Waals surface area contributed by atoms with Crippen molar-refractivity contribution < 1.29 is 9.18 Å². The van der Waals surface area contributed by atoms with Crippen LogP contribution in [0.25, 0.3) is 11.3 Å². The fourth-order valence-corrected chi connectivity index (χ4v) is 2.54. The Bertz CT molecular complexity index is 982. The zero-order chi connectivity index (χ0) is 19.6. The van der Waals surface area contributed by atoms with Gasteiger partial charge in [-0.05, 0) is 56.3 Å². The standard InChI is InChI=1S/C18H18ClFN6O/c1-18(2,3)26-24-16(23-25-26)10-17(27)22-15-6-4-5-14(21-15)12-8-7-11(20)9-13(12)19/h4-9H,10H2,1-3H3,(H,21,22,27). The number of amides is 1. The fourth-order valence-electron chi connectivity index (χ4n) is 2.28. The van der Waals surface area contributed by atoms with Crippen LogP contribution in [0, 0.1) is 5.82 Å². The molecule has 0 aliphatic rings. The molecule has 0 fully saturated rings. The molecule has 0 radical (unpaired) electrons. The third kappa shape index (κ3) is 4.65. The highest BCUT2D eigenvalue weighted by Crippen LogP contribution is 2.27. The largest absolute Gasteiger partial charge is 0.310 e. The molecule has 1 aromatic carbocycles. The van der Waals surface area contributed by atoms with Crippen molar-refractivity contribution in [2.24, 2.45) is 0 Å². The van der Waals surface area contributed by atoms with Crippen molar-refractivity contribution in [3.05, 3.63) is 53.1 Å². The molecule has 3 aromatic rings. The maximum absolute atomic E-state index is 13.2. The number of hydrogen-bond donors (Lipinski definition) is 1. The normalized spacial score (nSPS) is 11.4. The molecule has 0 atom stereocenters. The summed E-state index contributed by atoms with van der Waals surface area (Å²) in [4.78, 5) is 18.1. The highest BCUT2D eigenvalue weighted by atomic mass is 35.5. The average molecular weight is 389 g/mol. The zero-order valence-corrected chi connectivity index (χ0v) is 15.8. The molecule has 27 heavy (non-hydrogen) atoms. The molecule has 0 aliphatic carbocycles. The van der Waals surface area contributed by atoms with Gasteiger partial charge in [-0.2, -0.15) is 4.80 Å². The number of aromatic nitrogens is 5. The Kier molecular flexibility index (Phi) is 5.18. The number of benzene rings is 1. The molecule has 3 rings (SSSR count). The topological polar surface area (TPSA) is 85.6 Å². The van der Waals surface area contributed by atoms with Crippen molar-refractivity contribution in [1.82, 2.24) is 25.2 Å². The van der Waals surface area contributed by atoms with Gasteiger partial charge < -0.3 is 5.32 Å². The molecule has 0 bridgehead atoms. The first kappa shape index (κ1) is 18.9. The van der Waals surface area contributed by atoms with Gasteiger partial charge in [0.25, 0.3) is 0 Å². The summed E-state index contributed by atoms with van der Waals surface area (Å²) in [5.74, 6) is -0.0800. The first-order chi connectivity index (χ1) is 12.7. The Balaban J connectivity index is 1.72. The summed E-state index contributed by atoms with van der Waals surface area (Å²) in [6.07, 6.45) is -0.0285. The number of halogens is 2. The smallest absolute Gasteiger partial charge is 0.233 e. The van der Waals surface area contributed by atoms with E-state index >= 15 is 0 Å². The Morgan fingerprint density at radius 1 is 1.26 bits per heavy atom. The van der Waals surface area contributed by atoms with Crippen LogP contribution in [-0.4, -0.2) is 31.1 Å². The lowest BCUT2D eigenvalue weighted by Gasteiger charge is -2.15. The second kappa shape index (κ2) is 7.40. The summed E-state index contributed by atoms with van der Waals surface area (Å²) in [6.45, 7) is 5.82. The van der Waals surface area contributed by atoms with Crippen molar-refractivity contribution >= 4 is 23.3 Å². The van der Waals surface area contributed by atoms with Crippen LogP contribution in [0.3, 0.4) is 0 Å². The first-order valence-electron chi connectivity index (χ1n) is 8.24. The number of rotatable bonds is 4. The van der Waals surface area contributed by atoms with Crippen molar-refractivity contribution in [1.29, 1.82) is 0 Å². The second-order valence-corrected chi connectivity index (χ2v) is 7.33. The molecule has 2 heterocycles. The molecule has 0 aliphatic heterocycles. The molecule has 0 unspecified atom stereocenters. The number of anilines is 1. The lowest BCUT2D eigenvalue weighted by Crippen LogP contribution is -2.25. The molecule has 2 aromatic heterocycles. The molecule has 1 amide bonds. The highest BCUT2D eigenvalue weighted by Gasteiger charge is 2.18. The van der Waals surface area contributed by atoms with Gasteiger partial charge in [0.1, 0.15) is 11.6 Å². The quantitative estimate of drug-likeness (QED) is 0.739. The molecular formula is C18H18ClFN6O. The van der Waals surface area contributed by atoms with Gasteiger partial charge in [-0.15, -0.1) is 10.2 Å². The van der Waals surface area contributed by atoms with E-state index in [1.165, 1.54) is 16.9 Å². The van der Waals surface area contributed by atoms with Gasteiger partial charge in [0.05, 0.1) is 22.7 Å². The number of carbonyl (C=O) groups is 1. The van der Waals surface area contributed by atoms with Gasteiger partial charge in [0.15, 0.2) is 5.82 Å². The minimum Gasteiger partial charge on any atom is -0.310 e. The van der Waals surface area contributed by atoms with Crippen LogP contribution >= 0.6 is 11.6 Å². The lowest BCUT2D eigenvalue weighted by molar-refractivity contribution is -0.115. The van der Waals surface area contributed by atoms with Gasteiger partial charge in [-0.1, -0.05) is 17.7 Å². The van der Waals surface area contributed by atoms with Crippen molar-refractivity contribution in [2.75, 3.05) is 5.32 Å². The van der Waals surface area contributed by atoms with E-state index in [1.807, 2.05) is 20.8 Å². The van der Waals surface area contributed by atoms with Gasteiger partial charge >= 0.3 is 0 Å². The van der Waals surface area contributed by atoms with Crippen LogP contribution in [0.5, 0.6) is 0 Å². The van der Waals surface area contributed by atoms with E-state index in [9.17, 15) is 9.18 Å². The molecular weight excluding hydrogens is 371 g/mol. The minimum absolute atomic E-state index is 0.0285. The fraction of sp³-hybridized carbons (Fsp3) is 0.278. The zero-order valence-electron chi connectivity index (χ0n) is 15.1. The van der Waals surface area contributed by atoms with Crippen LogP contribution in [0.1, 0.15) is 26.6 Å². The number of hydrogen-bond acceptors (Lipinski definition) is 5. The van der Waals surface area contributed by atoms with Gasteiger partial charge in [0.2, 0.25) is 5.91 Å². The third-order valence-electron chi connectivity index (χ3n) is 3.60. The Morgan fingerprint density at radius 3 is 2.70 bits per heavy atom. The van der Waals surface area contributed by atoms with Gasteiger partial charge in [0, 0.05) is 5.56 Å². The van der Waals surface area contributed by atoms with E-state index in [0.717, 1.165) is 0 Å². The van der Waals surface area contributed by atoms with E-state index in [4.69, 9.17) is 11.6 Å². The van der Waals surface area contributed by atoms with Crippen LogP contribution in [-0.2, 0) is 16.8 Å². The molecule has 0 saturated heterocycles. The minimum atomic E-state index is -0.427. The predicted octanol–water partition coefficient (Wildman–Crippen LogP) is 3.46. The Hall–Kier alpha value is -2.87. The van der Waals surface area contributed by atoms with Crippen LogP contribution in [0.2, 0.25) is 5.02 Å². The maximum Gasteiger partial charge on any atom is 0.233 e. The maximum atomic E-state index is 13.2. The van der Waals surface area contributed by atoms with E-state index in [1.54, 1.807) is 24.3 Å². The number of carbonyl (C=O) groups excluding carboxylic acids is 1. The predicted molar refractivity (Wildman–Crippen MR) is 99.8 cm³/mol. The van der Waals surface area contributed by atoms with E-state index in [-0.39, 0.29) is 22.9 Å².